The van der Waals surface area contributed by atoms with Gasteiger partial charge in [0.1, 0.15) is 59.9 Å². The van der Waals surface area contributed by atoms with Crippen molar-refractivity contribution in [2.75, 3.05) is 73.6 Å². The molecule has 1 aromatic heterocycles. The fourth-order valence-corrected chi connectivity index (χ4v) is 6.84. The standard InChI is InChI=1S/C47H48ClN3O13/c1-4-61-43-27-45-36(25-35(43)34-23-30(28-49)10-13-40(34)54)41(55)26-44(64-45)33-12-11-31(24-38(33)48)62-21-19-59-17-15-58-16-18-60-20-22-63-42-9-5-7-32(37(42)29-53)47(57)51(3)39(8-6-14-52)46(56)50-2/h5,7,9-14,23-27,29,39,54H,4,6,8,15-22H2,1-3H3,(H,50,56). The molecule has 0 bridgehead atoms. The first-order valence-electron chi connectivity index (χ1n) is 20.3. The number of amides is 2. The van der Waals surface area contributed by atoms with E-state index < -0.39 is 17.9 Å². The first-order valence-corrected chi connectivity index (χ1v) is 20.7. The Morgan fingerprint density at radius 3 is 2.20 bits per heavy atom. The van der Waals surface area contributed by atoms with Gasteiger partial charge in [-0.2, -0.15) is 5.26 Å². The van der Waals surface area contributed by atoms with Gasteiger partial charge in [0.05, 0.1) is 79.4 Å². The van der Waals surface area contributed by atoms with E-state index in [-0.39, 0.29) is 90.7 Å². The molecule has 0 saturated carbocycles. The number of aldehydes is 2. The van der Waals surface area contributed by atoms with Crippen LogP contribution in [0.25, 0.3) is 33.4 Å². The van der Waals surface area contributed by atoms with Crippen molar-refractivity contribution >= 4 is 47.0 Å². The molecule has 5 aromatic rings. The van der Waals surface area contributed by atoms with Gasteiger partial charge in [0, 0.05) is 49.3 Å². The van der Waals surface area contributed by atoms with Crippen molar-refractivity contribution in [3.05, 3.63) is 105 Å². The molecule has 0 fully saturated rings. The van der Waals surface area contributed by atoms with Gasteiger partial charge in [0.15, 0.2) is 11.7 Å². The van der Waals surface area contributed by atoms with Gasteiger partial charge in [-0.25, -0.2) is 0 Å². The van der Waals surface area contributed by atoms with E-state index in [2.05, 4.69) is 11.4 Å². The molecule has 0 radical (unpaired) electrons. The number of halogens is 1. The van der Waals surface area contributed by atoms with E-state index in [0.717, 1.165) is 0 Å². The number of carbonyl (C=O) groups excluding carboxylic acids is 4. The molecule has 17 heteroatoms. The number of aromatic hydroxyl groups is 1. The van der Waals surface area contributed by atoms with Gasteiger partial charge < -0.3 is 53.0 Å². The van der Waals surface area contributed by atoms with E-state index in [9.17, 15) is 34.3 Å². The largest absolute Gasteiger partial charge is 0.507 e. The highest BCUT2D eigenvalue weighted by molar-refractivity contribution is 6.33. The molecule has 16 nitrogen and oxygen atoms in total. The van der Waals surface area contributed by atoms with Crippen LogP contribution in [0.2, 0.25) is 5.02 Å². The third-order valence-corrected chi connectivity index (χ3v) is 10.1. The summed E-state index contributed by atoms with van der Waals surface area (Å²) in [7, 11) is 2.88. The Balaban J connectivity index is 1.02. The van der Waals surface area contributed by atoms with Crippen LogP contribution in [-0.2, 0) is 23.8 Å². The van der Waals surface area contributed by atoms with Crippen LogP contribution >= 0.6 is 11.6 Å². The number of nitrogens with zero attached hydrogens (tertiary/aromatic N) is 2. The molecule has 0 spiro atoms. The number of nitrogens with one attached hydrogen (secondary N) is 1. The number of phenols is 1. The summed E-state index contributed by atoms with van der Waals surface area (Å²) in [6.45, 7) is 4.09. The van der Waals surface area contributed by atoms with E-state index in [1.807, 2.05) is 0 Å². The highest BCUT2D eigenvalue weighted by atomic mass is 35.5. The van der Waals surface area contributed by atoms with E-state index in [4.69, 9.17) is 44.4 Å². The Morgan fingerprint density at radius 2 is 1.56 bits per heavy atom. The van der Waals surface area contributed by atoms with Crippen LogP contribution in [-0.4, -0.2) is 114 Å². The van der Waals surface area contributed by atoms with Crippen LogP contribution in [0.1, 0.15) is 46.0 Å². The Kier molecular flexibility index (Phi) is 18.2. The van der Waals surface area contributed by atoms with Crippen molar-refractivity contribution in [3.63, 3.8) is 0 Å². The molecule has 2 amide bonds. The summed E-state index contributed by atoms with van der Waals surface area (Å²) in [6, 6.07) is 19.7. The van der Waals surface area contributed by atoms with E-state index in [1.54, 1.807) is 49.4 Å². The minimum Gasteiger partial charge on any atom is -0.507 e. The second-order valence-electron chi connectivity index (χ2n) is 13.9. The number of hydrogen-bond donors (Lipinski definition) is 2. The second kappa shape index (κ2) is 24.2. The first kappa shape index (κ1) is 48.3. The lowest BCUT2D eigenvalue weighted by Crippen LogP contribution is -2.47. The first-order chi connectivity index (χ1) is 31.0. The molecule has 0 aliphatic carbocycles. The van der Waals surface area contributed by atoms with E-state index in [1.165, 1.54) is 49.3 Å². The molecule has 2 N–H and O–H groups in total. The van der Waals surface area contributed by atoms with Crippen LogP contribution in [0.3, 0.4) is 0 Å². The topological polar surface area (TPSA) is 213 Å². The third kappa shape index (κ3) is 12.4. The average Bonchev–Trinajstić information content (AvgIpc) is 3.30. The van der Waals surface area contributed by atoms with Crippen molar-refractivity contribution in [1.82, 2.24) is 10.2 Å². The Morgan fingerprint density at radius 1 is 0.859 bits per heavy atom. The van der Waals surface area contributed by atoms with Crippen molar-refractivity contribution < 1.29 is 57.1 Å². The maximum Gasteiger partial charge on any atom is 0.255 e. The molecule has 0 aliphatic heterocycles. The van der Waals surface area contributed by atoms with Crippen LogP contribution in [0, 0.1) is 11.3 Å². The summed E-state index contributed by atoms with van der Waals surface area (Å²) >= 11 is 6.62. The van der Waals surface area contributed by atoms with E-state index in [0.29, 0.717) is 77.8 Å². The predicted octanol–water partition coefficient (Wildman–Crippen LogP) is 6.24. The molecule has 4 aromatic carbocycles. The lowest BCUT2D eigenvalue weighted by molar-refractivity contribution is -0.125. The summed E-state index contributed by atoms with van der Waals surface area (Å²) in [5, 5.41) is 23.0. The van der Waals surface area contributed by atoms with Crippen molar-refractivity contribution in [1.29, 1.82) is 5.26 Å². The molecule has 64 heavy (non-hydrogen) atoms. The number of rotatable bonds is 25. The van der Waals surface area contributed by atoms with Crippen molar-refractivity contribution in [3.8, 4) is 51.5 Å². The maximum absolute atomic E-state index is 13.4. The maximum atomic E-state index is 13.4. The molecular formula is C47H48ClN3O13. The normalized spacial score (nSPS) is 11.4. The Labute approximate surface area is 374 Å². The number of carbonyl (C=O) groups is 4. The summed E-state index contributed by atoms with van der Waals surface area (Å²) in [5.41, 5.74) is 1.59. The molecule has 0 saturated heterocycles. The van der Waals surface area contributed by atoms with Gasteiger partial charge in [-0.05, 0) is 67.9 Å². The molecule has 1 heterocycles. The minimum atomic E-state index is -0.896. The number of benzene rings is 4. The molecule has 1 atom stereocenters. The number of nitriles is 1. The summed E-state index contributed by atoms with van der Waals surface area (Å²) in [4.78, 5) is 63.1. The highest BCUT2D eigenvalue weighted by Gasteiger charge is 2.28. The summed E-state index contributed by atoms with van der Waals surface area (Å²) in [5.74, 6) is 0.201. The average molecular weight is 898 g/mol. The third-order valence-electron chi connectivity index (χ3n) is 9.79. The molecule has 1 unspecified atom stereocenters. The number of fused-ring (bicyclic) bond motifs is 1. The van der Waals surface area contributed by atoms with Gasteiger partial charge in [-0.3, -0.25) is 19.2 Å². The number of phenolic OH excluding ortho intramolecular Hbond substituents is 1. The highest BCUT2D eigenvalue weighted by Crippen LogP contribution is 2.40. The zero-order valence-electron chi connectivity index (χ0n) is 35.6. The minimum absolute atomic E-state index is 0.0353. The predicted molar refractivity (Wildman–Crippen MR) is 236 cm³/mol. The quantitative estimate of drug-likeness (QED) is 0.0490. The lowest BCUT2D eigenvalue weighted by atomic mass is 9.99. The van der Waals surface area contributed by atoms with Crippen LogP contribution in [0.5, 0.6) is 23.0 Å². The van der Waals surface area contributed by atoms with Crippen molar-refractivity contribution in [2.45, 2.75) is 25.8 Å². The molecule has 336 valence electrons. The number of hydrogen-bond acceptors (Lipinski definition) is 14. The zero-order valence-corrected chi connectivity index (χ0v) is 36.3. The fraction of sp³-hybridized carbons (Fsp3) is 0.319. The zero-order chi connectivity index (χ0) is 46.0. The van der Waals surface area contributed by atoms with Gasteiger partial charge >= 0.3 is 0 Å². The fourth-order valence-electron chi connectivity index (χ4n) is 6.58. The summed E-state index contributed by atoms with van der Waals surface area (Å²) < 4.78 is 40.2. The summed E-state index contributed by atoms with van der Waals surface area (Å²) in [6.07, 6.45) is 1.41. The van der Waals surface area contributed by atoms with Crippen LogP contribution in [0.4, 0.5) is 0 Å². The molecule has 5 rings (SSSR count). The molecular weight excluding hydrogens is 850 g/mol. The van der Waals surface area contributed by atoms with Gasteiger partial charge in [0.25, 0.3) is 5.91 Å². The SMILES string of the molecule is CCOc1cc2oc(-c3ccc(OCCOCCOCCOCCOc4cccc(C(=O)N(C)C(CCC=O)C(=O)NC)c4C=O)cc3Cl)cc(=O)c2cc1-c1cc(C#N)ccc1O. The van der Waals surface area contributed by atoms with Gasteiger partial charge in [0.2, 0.25) is 5.91 Å². The van der Waals surface area contributed by atoms with Crippen LogP contribution < -0.4 is 25.0 Å². The smallest absolute Gasteiger partial charge is 0.255 e. The second-order valence-corrected chi connectivity index (χ2v) is 14.3. The van der Waals surface area contributed by atoms with E-state index >= 15 is 0 Å². The Hall–Kier alpha value is -6.77. The van der Waals surface area contributed by atoms with Gasteiger partial charge in [-0.1, -0.05) is 17.7 Å². The van der Waals surface area contributed by atoms with Crippen LogP contribution in [0.15, 0.2) is 82.0 Å². The number of ether oxygens (including phenoxy) is 6. The molecule has 0 aliphatic rings. The van der Waals surface area contributed by atoms with Gasteiger partial charge in [-0.15, -0.1) is 0 Å². The monoisotopic (exact) mass is 897 g/mol. The number of likely N-dealkylation sites (N-methyl/N-ethyl adjacent to an activating group) is 2. The Bertz CT molecular complexity index is 2540. The lowest BCUT2D eigenvalue weighted by Gasteiger charge is -2.27. The van der Waals surface area contributed by atoms with Crippen molar-refractivity contribution in [2.24, 2.45) is 0 Å².